The molecule has 1 unspecified atom stereocenters. The third-order valence-electron chi connectivity index (χ3n) is 2.65. The van der Waals surface area contributed by atoms with Crippen LogP contribution in [0.1, 0.15) is 25.8 Å². The van der Waals surface area contributed by atoms with Crippen LogP contribution in [0.2, 0.25) is 0 Å². The number of benzene rings is 1. The molecule has 0 bridgehead atoms. The highest BCUT2D eigenvalue weighted by Crippen LogP contribution is 2.25. The number of ether oxygens (including phenoxy) is 1. The Morgan fingerprint density at radius 2 is 2.26 bits per heavy atom. The van der Waals surface area contributed by atoms with E-state index in [0.29, 0.717) is 23.4 Å². The van der Waals surface area contributed by atoms with Crippen molar-refractivity contribution in [2.24, 2.45) is 0 Å². The zero-order valence-corrected chi connectivity index (χ0v) is 11.5. The van der Waals surface area contributed by atoms with Gasteiger partial charge < -0.3 is 15.4 Å². The van der Waals surface area contributed by atoms with Gasteiger partial charge in [0.25, 0.3) is 0 Å². The molecule has 0 saturated heterocycles. The topological polar surface area (TPSA) is 74.2 Å². The van der Waals surface area contributed by atoms with E-state index in [0.717, 1.165) is 6.54 Å². The number of amides is 1. The van der Waals surface area contributed by atoms with Crippen molar-refractivity contribution in [3.8, 4) is 11.8 Å². The zero-order valence-electron chi connectivity index (χ0n) is 11.5. The Bertz CT molecular complexity index is 480. The molecule has 0 aliphatic carbocycles. The van der Waals surface area contributed by atoms with Crippen LogP contribution < -0.4 is 15.4 Å². The van der Waals surface area contributed by atoms with Gasteiger partial charge in [0, 0.05) is 18.5 Å². The van der Waals surface area contributed by atoms with Gasteiger partial charge in [0.1, 0.15) is 5.75 Å². The van der Waals surface area contributed by atoms with E-state index in [1.165, 1.54) is 7.11 Å². The number of carbonyl (C=O) groups excluding carboxylic acids is 1. The molecule has 5 heteroatoms. The molecule has 19 heavy (non-hydrogen) atoms. The fourth-order valence-electron chi connectivity index (χ4n) is 1.76. The molecule has 1 aromatic carbocycles. The predicted octanol–water partition coefficient (Wildman–Crippen LogP) is 1.89. The number of rotatable bonds is 6. The smallest absolute Gasteiger partial charge is 0.226 e. The number of nitrogens with one attached hydrogen (secondary N) is 2. The lowest BCUT2D eigenvalue weighted by atomic mass is 10.2. The summed E-state index contributed by atoms with van der Waals surface area (Å²) in [4.78, 5) is 11.8. The van der Waals surface area contributed by atoms with Gasteiger partial charge in [-0.2, -0.15) is 5.26 Å². The Morgan fingerprint density at radius 3 is 2.84 bits per heavy atom. The first-order valence-electron chi connectivity index (χ1n) is 6.22. The average molecular weight is 261 g/mol. The summed E-state index contributed by atoms with van der Waals surface area (Å²) in [6.07, 6.45) is 0.386. The van der Waals surface area contributed by atoms with Crippen LogP contribution in [0.25, 0.3) is 0 Å². The van der Waals surface area contributed by atoms with Gasteiger partial charge in [0.15, 0.2) is 0 Å². The number of hydrogen-bond acceptors (Lipinski definition) is 4. The van der Waals surface area contributed by atoms with Crippen LogP contribution in [0.15, 0.2) is 18.2 Å². The van der Waals surface area contributed by atoms with Crippen LogP contribution in [0, 0.1) is 11.3 Å². The first-order valence-corrected chi connectivity index (χ1v) is 6.22. The second kappa shape index (κ2) is 7.39. The lowest BCUT2D eigenvalue weighted by Crippen LogP contribution is -2.30. The number of methoxy groups -OCH3 is 1. The van der Waals surface area contributed by atoms with Crippen LogP contribution in [-0.4, -0.2) is 25.6 Å². The van der Waals surface area contributed by atoms with Crippen molar-refractivity contribution < 1.29 is 9.53 Å². The summed E-state index contributed by atoms with van der Waals surface area (Å²) in [7, 11) is 1.51. The van der Waals surface area contributed by atoms with Crippen LogP contribution in [0.5, 0.6) is 5.75 Å². The molecule has 0 saturated carbocycles. The van der Waals surface area contributed by atoms with E-state index in [1.54, 1.807) is 18.2 Å². The van der Waals surface area contributed by atoms with Gasteiger partial charge in [-0.05, 0) is 25.6 Å². The van der Waals surface area contributed by atoms with E-state index >= 15 is 0 Å². The van der Waals surface area contributed by atoms with Gasteiger partial charge in [-0.3, -0.25) is 4.79 Å². The summed E-state index contributed by atoms with van der Waals surface area (Å²) in [5.41, 5.74) is 1.08. The summed E-state index contributed by atoms with van der Waals surface area (Å²) < 4.78 is 5.16. The normalized spacial score (nSPS) is 11.5. The number of hydrogen-bond donors (Lipinski definition) is 2. The Morgan fingerprint density at radius 1 is 1.53 bits per heavy atom. The monoisotopic (exact) mass is 261 g/mol. The van der Waals surface area contributed by atoms with E-state index in [1.807, 2.05) is 19.9 Å². The molecule has 1 aromatic rings. The molecule has 102 valence electrons. The molecule has 0 heterocycles. The summed E-state index contributed by atoms with van der Waals surface area (Å²) in [5.74, 6) is 0.403. The first-order chi connectivity index (χ1) is 9.10. The number of nitrogens with zero attached hydrogens (tertiary/aromatic N) is 1. The van der Waals surface area contributed by atoms with Crippen LogP contribution in [0.4, 0.5) is 5.69 Å². The van der Waals surface area contributed by atoms with E-state index in [2.05, 4.69) is 10.6 Å². The molecule has 0 aliphatic heterocycles. The highest BCUT2D eigenvalue weighted by Gasteiger charge is 2.11. The quantitative estimate of drug-likeness (QED) is 0.820. The molecule has 0 fully saturated rings. The van der Waals surface area contributed by atoms with Crippen LogP contribution >= 0.6 is 0 Å². The summed E-state index contributed by atoms with van der Waals surface area (Å²) >= 11 is 0. The second-order valence-electron chi connectivity index (χ2n) is 4.24. The van der Waals surface area contributed by atoms with Crippen molar-refractivity contribution in [1.82, 2.24) is 5.32 Å². The summed E-state index contributed by atoms with van der Waals surface area (Å²) in [6, 6.07) is 7.07. The van der Waals surface area contributed by atoms with E-state index in [9.17, 15) is 4.79 Å². The fourth-order valence-corrected chi connectivity index (χ4v) is 1.76. The van der Waals surface area contributed by atoms with Crippen molar-refractivity contribution in [2.75, 3.05) is 19.0 Å². The molecular weight excluding hydrogens is 242 g/mol. The maximum atomic E-state index is 11.8. The minimum Gasteiger partial charge on any atom is -0.495 e. The largest absolute Gasteiger partial charge is 0.495 e. The molecule has 1 atom stereocenters. The van der Waals surface area contributed by atoms with E-state index < -0.39 is 0 Å². The minimum atomic E-state index is -0.0866. The fraction of sp³-hybridized carbons (Fsp3) is 0.429. The molecule has 1 rings (SSSR count). The highest BCUT2D eigenvalue weighted by atomic mass is 16.5. The standard InChI is InChI=1S/C14H19N3O2/c1-4-16-10(2)7-14(18)17-12-6-5-11(9-15)8-13(12)19-3/h5-6,8,10,16H,4,7H2,1-3H3,(H,17,18). The Hall–Kier alpha value is -2.06. The van der Waals surface area contributed by atoms with Crippen molar-refractivity contribution in [2.45, 2.75) is 26.3 Å². The maximum Gasteiger partial charge on any atom is 0.226 e. The van der Waals surface area contributed by atoms with Gasteiger partial charge in [-0.25, -0.2) is 0 Å². The first kappa shape index (κ1) is 15.0. The Balaban J connectivity index is 2.71. The third-order valence-corrected chi connectivity index (χ3v) is 2.65. The van der Waals surface area contributed by atoms with Crippen LogP contribution in [-0.2, 0) is 4.79 Å². The Labute approximate surface area is 113 Å². The van der Waals surface area contributed by atoms with Gasteiger partial charge in [-0.15, -0.1) is 0 Å². The zero-order chi connectivity index (χ0) is 14.3. The molecule has 0 radical (unpaired) electrons. The summed E-state index contributed by atoms with van der Waals surface area (Å²) in [5, 5.41) is 14.8. The molecule has 0 aliphatic rings. The van der Waals surface area contributed by atoms with E-state index in [4.69, 9.17) is 10.00 Å². The molecule has 0 aromatic heterocycles. The maximum absolute atomic E-state index is 11.8. The number of anilines is 1. The molecule has 1 amide bonds. The lowest BCUT2D eigenvalue weighted by molar-refractivity contribution is -0.116. The molecule has 2 N–H and O–H groups in total. The van der Waals surface area contributed by atoms with Gasteiger partial charge in [0.05, 0.1) is 24.4 Å². The highest BCUT2D eigenvalue weighted by molar-refractivity contribution is 5.92. The SMILES string of the molecule is CCNC(C)CC(=O)Nc1ccc(C#N)cc1OC. The lowest BCUT2D eigenvalue weighted by Gasteiger charge is -2.14. The Kier molecular flexibility index (Phi) is 5.83. The van der Waals surface area contributed by atoms with Crippen molar-refractivity contribution >= 4 is 11.6 Å². The molecular formula is C14H19N3O2. The molecule has 0 spiro atoms. The van der Waals surface area contributed by atoms with Crippen molar-refractivity contribution in [1.29, 1.82) is 5.26 Å². The van der Waals surface area contributed by atoms with E-state index in [-0.39, 0.29) is 11.9 Å². The predicted molar refractivity (Wildman–Crippen MR) is 74.1 cm³/mol. The second-order valence-corrected chi connectivity index (χ2v) is 4.24. The third kappa shape index (κ3) is 4.60. The van der Waals surface area contributed by atoms with Gasteiger partial charge in [-0.1, -0.05) is 6.92 Å². The van der Waals surface area contributed by atoms with Crippen LogP contribution in [0.3, 0.4) is 0 Å². The minimum absolute atomic E-state index is 0.0866. The average Bonchev–Trinajstić information content (AvgIpc) is 2.39. The number of carbonyl (C=O) groups is 1. The number of nitriles is 1. The van der Waals surface area contributed by atoms with Crippen molar-refractivity contribution in [3.63, 3.8) is 0 Å². The van der Waals surface area contributed by atoms with Gasteiger partial charge >= 0.3 is 0 Å². The van der Waals surface area contributed by atoms with Crippen molar-refractivity contribution in [3.05, 3.63) is 23.8 Å². The summed E-state index contributed by atoms with van der Waals surface area (Å²) in [6.45, 7) is 4.78. The van der Waals surface area contributed by atoms with Gasteiger partial charge in [0.2, 0.25) is 5.91 Å². The molecule has 5 nitrogen and oxygen atoms in total.